The van der Waals surface area contributed by atoms with Crippen LogP contribution in [0.2, 0.25) is 0 Å². The number of carbonyl (C=O) groups excluding carboxylic acids is 1. The minimum absolute atomic E-state index is 0.00296. The fraction of sp³-hybridized carbons (Fsp3) is 0.304. The fourth-order valence-corrected chi connectivity index (χ4v) is 3.49. The van der Waals surface area contributed by atoms with Gasteiger partial charge in [0.15, 0.2) is 11.5 Å². The van der Waals surface area contributed by atoms with E-state index < -0.39 is 5.91 Å². The number of ether oxygens (including phenoxy) is 2. The van der Waals surface area contributed by atoms with Crippen LogP contribution in [0.1, 0.15) is 38.8 Å². The standard InChI is InChI=1S/C23H25IN2O3/c1-5-17-9-7-8-10-20(17)26-23(27)18(14-25)11-16-12-19(24)22(29-15(3)4)21(13-16)28-6-2/h7-13,15H,5-6H2,1-4H3,(H,26,27)/b18-11+. The highest BCUT2D eigenvalue weighted by Crippen LogP contribution is 2.35. The van der Waals surface area contributed by atoms with Gasteiger partial charge in [-0.2, -0.15) is 5.26 Å². The molecule has 0 spiro atoms. The minimum Gasteiger partial charge on any atom is -0.490 e. The van der Waals surface area contributed by atoms with E-state index in [1.165, 1.54) is 0 Å². The second kappa shape index (κ2) is 10.9. The van der Waals surface area contributed by atoms with Crippen LogP contribution < -0.4 is 14.8 Å². The van der Waals surface area contributed by atoms with E-state index in [4.69, 9.17) is 9.47 Å². The molecule has 6 heteroatoms. The summed E-state index contributed by atoms with van der Waals surface area (Å²) < 4.78 is 12.4. The molecular formula is C23H25IN2O3. The third kappa shape index (κ3) is 6.23. The van der Waals surface area contributed by atoms with Crippen LogP contribution in [0.5, 0.6) is 11.5 Å². The number of nitrogens with one attached hydrogen (secondary N) is 1. The number of halogens is 1. The highest BCUT2D eigenvalue weighted by Gasteiger charge is 2.15. The zero-order valence-electron chi connectivity index (χ0n) is 17.1. The Morgan fingerprint density at radius 2 is 2.00 bits per heavy atom. The molecule has 152 valence electrons. The molecule has 2 aromatic rings. The Morgan fingerprint density at radius 3 is 2.62 bits per heavy atom. The molecule has 0 fully saturated rings. The van der Waals surface area contributed by atoms with E-state index in [0.29, 0.717) is 29.4 Å². The Balaban J connectivity index is 2.36. The molecule has 5 nitrogen and oxygen atoms in total. The van der Waals surface area contributed by atoms with E-state index in [9.17, 15) is 10.1 Å². The summed E-state index contributed by atoms with van der Waals surface area (Å²) in [6, 6.07) is 13.2. The van der Waals surface area contributed by atoms with E-state index in [-0.39, 0.29) is 11.7 Å². The zero-order chi connectivity index (χ0) is 21.4. The van der Waals surface area contributed by atoms with Gasteiger partial charge in [0.05, 0.1) is 16.3 Å². The average Bonchev–Trinajstić information content (AvgIpc) is 2.69. The molecule has 0 bridgehead atoms. The van der Waals surface area contributed by atoms with Crippen LogP contribution in [-0.4, -0.2) is 18.6 Å². The van der Waals surface area contributed by atoms with E-state index in [1.54, 1.807) is 12.1 Å². The predicted octanol–water partition coefficient (Wildman–Crippen LogP) is 5.59. The summed E-state index contributed by atoms with van der Waals surface area (Å²) >= 11 is 2.17. The molecule has 0 aliphatic heterocycles. The second-order valence-electron chi connectivity index (χ2n) is 6.56. The van der Waals surface area contributed by atoms with Gasteiger partial charge in [-0.05, 0) is 85.2 Å². The molecule has 0 heterocycles. The van der Waals surface area contributed by atoms with Crippen LogP contribution in [0.15, 0.2) is 42.0 Å². The number of rotatable bonds is 8. The van der Waals surface area contributed by atoms with Gasteiger partial charge in [0, 0.05) is 5.69 Å². The van der Waals surface area contributed by atoms with Crippen LogP contribution in [0.25, 0.3) is 6.08 Å². The Labute approximate surface area is 185 Å². The van der Waals surface area contributed by atoms with Gasteiger partial charge in [-0.15, -0.1) is 0 Å². The van der Waals surface area contributed by atoms with Gasteiger partial charge in [0.2, 0.25) is 0 Å². The topological polar surface area (TPSA) is 71.3 Å². The Morgan fingerprint density at radius 1 is 1.28 bits per heavy atom. The number of anilines is 1. The first kappa shape index (κ1) is 22.8. The van der Waals surface area contributed by atoms with Crippen molar-refractivity contribution < 1.29 is 14.3 Å². The SMILES string of the molecule is CCOc1cc(/C=C(\C#N)C(=O)Nc2ccccc2CC)cc(I)c1OC(C)C. The van der Waals surface area contributed by atoms with E-state index in [0.717, 1.165) is 15.6 Å². The summed E-state index contributed by atoms with van der Waals surface area (Å²) in [5.41, 5.74) is 2.45. The highest BCUT2D eigenvalue weighted by atomic mass is 127. The van der Waals surface area contributed by atoms with Crippen molar-refractivity contribution in [3.63, 3.8) is 0 Å². The first-order chi connectivity index (χ1) is 13.9. The van der Waals surface area contributed by atoms with Gasteiger partial charge in [0.1, 0.15) is 11.6 Å². The molecule has 1 amide bonds. The van der Waals surface area contributed by atoms with E-state index in [1.807, 2.05) is 64.1 Å². The van der Waals surface area contributed by atoms with Crippen molar-refractivity contribution in [1.29, 1.82) is 5.26 Å². The third-order valence-electron chi connectivity index (χ3n) is 4.01. The zero-order valence-corrected chi connectivity index (χ0v) is 19.2. The van der Waals surface area contributed by atoms with Crippen LogP contribution in [-0.2, 0) is 11.2 Å². The summed E-state index contributed by atoms with van der Waals surface area (Å²) in [6.45, 7) is 8.30. The maximum absolute atomic E-state index is 12.7. The summed E-state index contributed by atoms with van der Waals surface area (Å²) in [4.78, 5) is 12.7. The molecule has 2 rings (SSSR count). The fourth-order valence-electron chi connectivity index (χ4n) is 2.74. The van der Waals surface area contributed by atoms with Crippen LogP contribution in [0.3, 0.4) is 0 Å². The molecule has 0 aromatic heterocycles. The number of aryl methyl sites for hydroxylation is 1. The lowest BCUT2D eigenvalue weighted by atomic mass is 10.1. The van der Waals surface area contributed by atoms with Gasteiger partial charge in [-0.1, -0.05) is 25.1 Å². The van der Waals surface area contributed by atoms with E-state index in [2.05, 4.69) is 27.9 Å². The molecular weight excluding hydrogens is 479 g/mol. The second-order valence-corrected chi connectivity index (χ2v) is 7.73. The largest absolute Gasteiger partial charge is 0.490 e. The number of amides is 1. The molecule has 0 aliphatic rings. The molecule has 29 heavy (non-hydrogen) atoms. The van der Waals surface area contributed by atoms with Gasteiger partial charge in [-0.3, -0.25) is 4.79 Å². The molecule has 0 atom stereocenters. The van der Waals surface area contributed by atoms with Crippen molar-refractivity contribution in [3.8, 4) is 17.6 Å². The van der Waals surface area contributed by atoms with Crippen LogP contribution in [0, 0.1) is 14.9 Å². The van der Waals surface area contributed by atoms with Crippen LogP contribution >= 0.6 is 22.6 Å². The molecule has 0 saturated heterocycles. The van der Waals surface area contributed by atoms with E-state index >= 15 is 0 Å². The van der Waals surface area contributed by atoms with Gasteiger partial charge in [0.25, 0.3) is 5.91 Å². The first-order valence-corrected chi connectivity index (χ1v) is 10.6. The number of nitriles is 1. The molecule has 0 radical (unpaired) electrons. The Bertz CT molecular complexity index is 946. The number of carbonyl (C=O) groups is 1. The number of hydrogen-bond acceptors (Lipinski definition) is 4. The van der Waals surface area contributed by atoms with Crippen molar-refractivity contribution in [3.05, 3.63) is 56.7 Å². The number of benzene rings is 2. The molecule has 1 N–H and O–H groups in total. The van der Waals surface area contributed by atoms with Crippen molar-refractivity contribution in [2.24, 2.45) is 0 Å². The molecule has 2 aromatic carbocycles. The lowest BCUT2D eigenvalue weighted by molar-refractivity contribution is -0.112. The van der Waals surface area contributed by atoms with Crippen molar-refractivity contribution >= 4 is 40.3 Å². The van der Waals surface area contributed by atoms with Gasteiger partial charge < -0.3 is 14.8 Å². The monoisotopic (exact) mass is 504 g/mol. The predicted molar refractivity (Wildman–Crippen MR) is 124 cm³/mol. The van der Waals surface area contributed by atoms with Crippen molar-refractivity contribution in [2.45, 2.75) is 40.2 Å². The summed E-state index contributed by atoms with van der Waals surface area (Å²) in [7, 11) is 0. The molecule has 0 unspecified atom stereocenters. The first-order valence-electron chi connectivity index (χ1n) is 9.53. The molecule has 0 saturated carbocycles. The smallest absolute Gasteiger partial charge is 0.266 e. The van der Waals surface area contributed by atoms with Crippen molar-refractivity contribution in [2.75, 3.05) is 11.9 Å². The lowest BCUT2D eigenvalue weighted by Gasteiger charge is -2.17. The van der Waals surface area contributed by atoms with Crippen LogP contribution in [0.4, 0.5) is 5.69 Å². The lowest BCUT2D eigenvalue weighted by Crippen LogP contribution is -2.14. The number of nitrogens with zero attached hydrogens (tertiary/aromatic N) is 1. The Kier molecular flexibility index (Phi) is 8.52. The summed E-state index contributed by atoms with van der Waals surface area (Å²) in [6.07, 6.45) is 2.35. The normalized spacial score (nSPS) is 11.1. The minimum atomic E-state index is -0.441. The quantitative estimate of drug-likeness (QED) is 0.289. The maximum Gasteiger partial charge on any atom is 0.266 e. The average molecular weight is 504 g/mol. The van der Waals surface area contributed by atoms with Crippen molar-refractivity contribution in [1.82, 2.24) is 0 Å². The summed E-state index contributed by atoms with van der Waals surface area (Å²) in [5, 5.41) is 12.4. The molecule has 0 aliphatic carbocycles. The number of para-hydroxylation sites is 1. The Hall–Kier alpha value is -2.53. The van der Waals surface area contributed by atoms with Gasteiger partial charge in [-0.25, -0.2) is 0 Å². The number of hydrogen-bond donors (Lipinski definition) is 1. The highest BCUT2D eigenvalue weighted by molar-refractivity contribution is 14.1. The third-order valence-corrected chi connectivity index (χ3v) is 4.81. The summed E-state index contributed by atoms with van der Waals surface area (Å²) in [5.74, 6) is 0.816. The van der Waals surface area contributed by atoms with Gasteiger partial charge >= 0.3 is 0 Å². The maximum atomic E-state index is 12.7.